The first kappa shape index (κ1) is 17.3. The lowest BCUT2D eigenvalue weighted by molar-refractivity contribution is 0.584. The van der Waals surface area contributed by atoms with Gasteiger partial charge in [0.2, 0.25) is 10.0 Å². The summed E-state index contributed by atoms with van der Waals surface area (Å²) in [5.74, 6) is 1.59. The molecule has 0 aliphatic carbocycles. The minimum absolute atomic E-state index is 0.205. The van der Waals surface area contributed by atoms with Crippen LogP contribution in [0.25, 0.3) is 0 Å². The summed E-state index contributed by atoms with van der Waals surface area (Å²) in [5.41, 5.74) is 2.10. The first-order chi connectivity index (χ1) is 10.5. The number of hydrogen-bond donors (Lipinski definition) is 1. The van der Waals surface area contributed by atoms with Crippen LogP contribution in [0, 0.1) is 6.92 Å². The van der Waals surface area contributed by atoms with Gasteiger partial charge in [-0.25, -0.2) is 13.1 Å². The molecular formula is C16H18ClNO2S2. The molecule has 0 saturated carbocycles. The Morgan fingerprint density at radius 1 is 1.14 bits per heavy atom. The van der Waals surface area contributed by atoms with E-state index in [9.17, 15) is 8.42 Å². The van der Waals surface area contributed by atoms with E-state index >= 15 is 0 Å². The molecule has 22 heavy (non-hydrogen) atoms. The maximum atomic E-state index is 12.1. The second-order valence-electron chi connectivity index (χ2n) is 4.85. The van der Waals surface area contributed by atoms with Gasteiger partial charge in [0, 0.05) is 23.1 Å². The van der Waals surface area contributed by atoms with Crippen molar-refractivity contribution in [2.45, 2.75) is 17.6 Å². The molecule has 0 atom stereocenters. The third-order valence-corrected chi connectivity index (χ3v) is 6.00. The summed E-state index contributed by atoms with van der Waals surface area (Å²) in [6.07, 6.45) is 0. The van der Waals surface area contributed by atoms with Crippen LogP contribution in [0.1, 0.15) is 11.1 Å². The minimum atomic E-state index is -3.49. The van der Waals surface area contributed by atoms with Crippen molar-refractivity contribution in [3.05, 3.63) is 64.7 Å². The Morgan fingerprint density at radius 3 is 2.55 bits per heavy atom. The summed E-state index contributed by atoms with van der Waals surface area (Å²) >= 11 is 7.67. The van der Waals surface area contributed by atoms with Crippen molar-refractivity contribution in [2.24, 2.45) is 0 Å². The van der Waals surface area contributed by atoms with Crippen LogP contribution >= 0.6 is 23.4 Å². The molecule has 0 aliphatic rings. The number of thioether (sulfide) groups is 1. The Labute approximate surface area is 141 Å². The fraction of sp³-hybridized carbons (Fsp3) is 0.250. The zero-order valence-corrected chi connectivity index (χ0v) is 14.6. The molecule has 2 rings (SSSR count). The molecule has 0 aliphatic heterocycles. The normalized spacial score (nSPS) is 11.5. The molecule has 118 valence electrons. The van der Waals surface area contributed by atoms with E-state index in [0.717, 1.165) is 11.3 Å². The molecule has 1 N–H and O–H groups in total. The van der Waals surface area contributed by atoms with E-state index in [1.807, 2.05) is 25.1 Å². The van der Waals surface area contributed by atoms with Crippen molar-refractivity contribution < 1.29 is 8.42 Å². The van der Waals surface area contributed by atoms with Crippen LogP contribution in [-0.2, 0) is 15.8 Å². The summed E-state index contributed by atoms with van der Waals surface area (Å²) in [6, 6.07) is 14.9. The molecule has 2 aromatic carbocycles. The van der Waals surface area contributed by atoms with Gasteiger partial charge in [-0.15, -0.1) is 0 Å². The van der Waals surface area contributed by atoms with Gasteiger partial charge in [0.25, 0.3) is 0 Å². The maximum Gasteiger partial charge on any atom is 0.240 e. The average molecular weight is 356 g/mol. The Bertz CT molecular complexity index is 718. The Kier molecular flexibility index (Phi) is 6.32. The highest BCUT2D eigenvalue weighted by molar-refractivity contribution is 7.98. The number of nitrogens with one attached hydrogen (secondary N) is 1. The number of rotatable bonds is 7. The van der Waals surface area contributed by atoms with Crippen LogP contribution in [0.15, 0.2) is 53.4 Å². The van der Waals surface area contributed by atoms with Crippen molar-refractivity contribution in [3.8, 4) is 0 Å². The zero-order chi connectivity index (χ0) is 16.0. The van der Waals surface area contributed by atoms with E-state index in [4.69, 9.17) is 11.6 Å². The van der Waals surface area contributed by atoms with Crippen LogP contribution in [-0.4, -0.2) is 20.7 Å². The lowest BCUT2D eigenvalue weighted by Gasteiger charge is -2.08. The van der Waals surface area contributed by atoms with E-state index in [2.05, 4.69) is 16.9 Å². The molecule has 0 saturated heterocycles. The van der Waals surface area contributed by atoms with E-state index in [-0.39, 0.29) is 4.90 Å². The van der Waals surface area contributed by atoms with Crippen LogP contribution in [0.3, 0.4) is 0 Å². The van der Waals surface area contributed by atoms with Gasteiger partial charge < -0.3 is 0 Å². The molecule has 0 spiro atoms. The van der Waals surface area contributed by atoms with Crippen molar-refractivity contribution in [1.82, 2.24) is 4.72 Å². The fourth-order valence-corrected chi connectivity index (χ4v) is 4.09. The molecule has 0 amide bonds. The molecule has 0 bridgehead atoms. The molecule has 0 aromatic heterocycles. The molecule has 6 heteroatoms. The van der Waals surface area contributed by atoms with Crippen molar-refractivity contribution in [2.75, 3.05) is 12.3 Å². The van der Waals surface area contributed by atoms with Gasteiger partial charge in [-0.2, -0.15) is 11.8 Å². The van der Waals surface area contributed by atoms with E-state index in [1.54, 1.807) is 23.9 Å². The van der Waals surface area contributed by atoms with Crippen LogP contribution in [0.4, 0.5) is 0 Å². The van der Waals surface area contributed by atoms with Crippen LogP contribution in [0.2, 0.25) is 5.02 Å². The van der Waals surface area contributed by atoms with E-state index in [1.165, 1.54) is 11.6 Å². The number of aryl methyl sites for hydroxylation is 1. The maximum absolute atomic E-state index is 12.1. The summed E-state index contributed by atoms with van der Waals surface area (Å²) in [7, 11) is -3.49. The highest BCUT2D eigenvalue weighted by Crippen LogP contribution is 2.20. The molecular weight excluding hydrogens is 338 g/mol. The first-order valence-corrected chi connectivity index (χ1v) is 9.88. The quantitative estimate of drug-likeness (QED) is 0.767. The lowest BCUT2D eigenvalue weighted by Crippen LogP contribution is -2.26. The monoisotopic (exact) mass is 355 g/mol. The predicted octanol–water partition coefficient (Wildman–Crippen LogP) is 3.86. The molecule has 0 fully saturated rings. The summed E-state index contributed by atoms with van der Waals surface area (Å²) in [6.45, 7) is 2.23. The third kappa shape index (κ3) is 5.02. The second kappa shape index (κ2) is 8.02. The van der Waals surface area contributed by atoms with Gasteiger partial charge in [0.15, 0.2) is 0 Å². The second-order valence-corrected chi connectivity index (χ2v) is 8.13. The molecule has 2 aromatic rings. The number of benzene rings is 2. The van der Waals surface area contributed by atoms with Crippen LogP contribution < -0.4 is 4.72 Å². The molecule has 0 unspecified atom stereocenters. The largest absolute Gasteiger partial charge is 0.240 e. The predicted molar refractivity (Wildman–Crippen MR) is 94.0 cm³/mol. The smallest absolute Gasteiger partial charge is 0.210 e. The van der Waals surface area contributed by atoms with E-state index in [0.29, 0.717) is 17.3 Å². The van der Waals surface area contributed by atoms with Crippen molar-refractivity contribution >= 4 is 33.4 Å². The Balaban J connectivity index is 1.81. The standard InChI is InChI=1S/C16H18ClNO2S2/c1-13-7-8-15(11-16(13)17)22(19,20)18-9-10-21-12-14-5-3-2-4-6-14/h2-8,11,18H,9-10,12H2,1H3. The Morgan fingerprint density at radius 2 is 1.86 bits per heavy atom. The van der Waals surface area contributed by atoms with Crippen LogP contribution in [0.5, 0.6) is 0 Å². The highest BCUT2D eigenvalue weighted by Gasteiger charge is 2.14. The zero-order valence-electron chi connectivity index (χ0n) is 12.3. The molecule has 0 radical (unpaired) electrons. The summed E-state index contributed by atoms with van der Waals surface area (Å²) < 4.78 is 26.9. The molecule has 3 nitrogen and oxygen atoms in total. The van der Waals surface area contributed by atoms with Gasteiger partial charge in [-0.3, -0.25) is 0 Å². The van der Waals surface area contributed by atoms with Gasteiger partial charge in [-0.1, -0.05) is 48.0 Å². The number of sulfonamides is 1. The summed E-state index contributed by atoms with van der Waals surface area (Å²) in [4.78, 5) is 0.205. The first-order valence-electron chi connectivity index (χ1n) is 6.86. The SMILES string of the molecule is Cc1ccc(S(=O)(=O)NCCSCc2ccccc2)cc1Cl. The average Bonchev–Trinajstić information content (AvgIpc) is 2.50. The van der Waals surface area contributed by atoms with Gasteiger partial charge >= 0.3 is 0 Å². The topological polar surface area (TPSA) is 46.2 Å². The van der Waals surface area contributed by atoms with E-state index < -0.39 is 10.0 Å². The minimum Gasteiger partial charge on any atom is -0.210 e. The van der Waals surface area contributed by atoms with Crippen molar-refractivity contribution in [1.29, 1.82) is 0 Å². The number of hydrogen-bond acceptors (Lipinski definition) is 3. The van der Waals surface area contributed by atoms with Crippen molar-refractivity contribution in [3.63, 3.8) is 0 Å². The molecule has 0 heterocycles. The fourth-order valence-electron chi connectivity index (χ4n) is 1.84. The van der Waals surface area contributed by atoms with Gasteiger partial charge in [-0.05, 0) is 30.2 Å². The van der Waals surface area contributed by atoms with Gasteiger partial charge in [0.05, 0.1) is 4.90 Å². The number of halogens is 1. The van der Waals surface area contributed by atoms with Gasteiger partial charge in [0.1, 0.15) is 0 Å². The lowest BCUT2D eigenvalue weighted by atomic mass is 10.2. The third-order valence-electron chi connectivity index (χ3n) is 3.10. The highest BCUT2D eigenvalue weighted by atomic mass is 35.5. The summed E-state index contributed by atoms with van der Waals surface area (Å²) in [5, 5.41) is 0.460. The Hall–Kier alpha value is -1.01.